The van der Waals surface area contributed by atoms with E-state index < -0.39 is 11.9 Å². The average Bonchev–Trinajstić information content (AvgIpc) is 3.02. The molecule has 0 saturated heterocycles. The van der Waals surface area contributed by atoms with Crippen LogP contribution in [0.3, 0.4) is 0 Å². The van der Waals surface area contributed by atoms with Gasteiger partial charge in [-0.25, -0.2) is 13.6 Å². The lowest BCUT2D eigenvalue weighted by molar-refractivity contribution is 0.0175. The van der Waals surface area contributed by atoms with E-state index in [0.29, 0.717) is 39.5 Å². The van der Waals surface area contributed by atoms with Crippen LogP contribution in [-0.2, 0) is 17.1 Å². The molecule has 0 aliphatic carbocycles. The standard InChI is InChI=1S/C20H17F2NO2.C12H17NO.C3H8.C2H6/c1-12-9-17(19(24)25-3)16-11-14(7-8-18(16)23-12)13-5-4-6-15(10-13)20(2,21)22;1-3-11(13-4-2)9-10-5-7-12(14)8-6-10;1-3-2;1-2/h4-11H,1-3H3;4-8,11,13-14H,2-3,9H2,1H3;3H2,1-2H3;1-2H3. The van der Waals surface area contributed by atoms with Crippen molar-refractivity contribution in [3.8, 4) is 16.9 Å². The van der Waals surface area contributed by atoms with E-state index in [-0.39, 0.29) is 5.56 Å². The molecule has 2 N–H and O–H groups in total. The maximum absolute atomic E-state index is 13.6. The lowest BCUT2D eigenvalue weighted by atomic mass is 9.98. The maximum atomic E-state index is 13.6. The second kappa shape index (κ2) is 19.1. The van der Waals surface area contributed by atoms with Crippen molar-refractivity contribution in [3.63, 3.8) is 0 Å². The van der Waals surface area contributed by atoms with Crippen LogP contribution in [0.2, 0.25) is 0 Å². The SMILES string of the molecule is C=CNC(CC)Cc1ccc(O)cc1.CC.CCC.COC(=O)c1cc(C)nc2ccc(-c3cccc(C(C)(F)F)c3)cc12. The summed E-state index contributed by atoms with van der Waals surface area (Å²) in [5, 5.41) is 12.9. The Morgan fingerprint density at radius 1 is 1.02 bits per heavy atom. The van der Waals surface area contributed by atoms with E-state index in [1.165, 1.54) is 31.2 Å². The van der Waals surface area contributed by atoms with Gasteiger partial charge in [-0.1, -0.05) is 84.0 Å². The first kappa shape index (κ1) is 37.8. The Morgan fingerprint density at radius 3 is 2.18 bits per heavy atom. The molecule has 0 fully saturated rings. The van der Waals surface area contributed by atoms with Gasteiger partial charge in [-0.2, -0.15) is 0 Å². The average molecular weight is 607 g/mol. The molecule has 1 atom stereocenters. The molecule has 0 amide bonds. The monoisotopic (exact) mass is 606 g/mol. The van der Waals surface area contributed by atoms with Crippen molar-refractivity contribution in [2.75, 3.05) is 7.11 Å². The Balaban J connectivity index is 0.000000431. The second-order valence-electron chi connectivity index (χ2n) is 10.1. The van der Waals surface area contributed by atoms with Crippen molar-refractivity contribution in [1.82, 2.24) is 10.3 Å². The van der Waals surface area contributed by atoms with Gasteiger partial charge in [-0.15, -0.1) is 0 Å². The van der Waals surface area contributed by atoms with Crippen LogP contribution < -0.4 is 5.32 Å². The first-order valence-corrected chi connectivity index (χ1v) is 15.1. The number of aromatic nitrogens is 1. The summed E-state index contributed by atoms with van der Waals surface area (Å²) in [6.45, 7) is 16.7. The van der Waals surface area contributed by atoms with Gasteiger partial charge in [-0.3, -0.25) is 4.98 Å². The van der Waals surface area contributed by atoms with Crippen molar-refractivity contribution < 1.29 is 23.4 Å². The summed E-state index contributed by atoms with van der Waals surface area (Å²) in [4.78, 5) is 16.5. The minimum atomic E-state index is -2.91. The van der Waals surface area contributed by atoms with E-state index in [1.54, 1.807) is 55.6 Å². The van der Waals surface area contributed by atoms with Gasteiger partial charge in [0.25, 0.3) is 5.92 Å². The van der Waals surface area contributed by atoms with Crippen LogP contribution in [0.15, 0.2) is 85.6 Å². The summed E-state index contributed by atoms with van der Waals surface area (Å²) in [7, 11) is 1.32. The number of phenols is 1. The molecule has 7 heteroatoms. The molecule has 5 nitrogen and oxygen atoms in total. The molecular formula is C37H48F2N2O3. The molecule has 0 aliphatic rings. The fourth-order valence-corrected chi connectivity index (χ4v) is 4.19. The number of phenolic OH excluding ortho intramolecular Hbond substituents is 1. The van der Waals surface area contributed by atoms with Crippen LogP contribution in [-0.4, -0.2) is 29.2 Å². The van der Waals surface area contributed by atoms with Gasteiger partial charge in [0, 0.05) is 29.6 Å². The number of aryl methyl sites for hydroxylation is 1. The van der Waals surface area contributed by atoms with E-state index in [4.69, 9.17) is 9.84 Å². The molecule has 1 heterocycles. The lowest BCUT2D eigenvalue weighted by Crippen LogP contribution is -2.25. The third-order valence-corrected chi connectivity index (χ3v) is 6.31. The first-order chi connectivity index (χ1) is 21.0. The number of hydrogen-bond acceptors (Lipinski definition) is 5. The molecule has 44 heavy (non-hydrogen) atoms. The molecule has 4 rings (SSSR count). The van der Waals surface area contributed by atoms with E-state index in [1.807, 2.05) is 32.0 Å². The zero-order valence-corrected chi connectivity index (χ0v) is 27.4. The van der Waals surface area contributed by atoms with Gasteiger partial charge in [0.05, 0.1) is 18.2 Å². The number of esters is 1. The van der Waals surface area contributed by atoms with Crippen LogP contribution in [0.1, 0.15) is 81.6 Å². The fraction of sp³-hybridized carbons (Fsp3) is 0.351. The van der Waals surface area contributed by atoms with Gasteiger partial charge in [-0.05, 0) is 79.1 Å². The summed E-state index contributed by atoms with van der Waals surface area (Å²) >= 11 is 0. The van der Waals surface area contributed by atoms with Crippen molar-refractivity contribution in [2.24, 2.45) is 0 Å². The number of pyridine rings is 1. The fourth-order valence-electron chi connectivity index (χ4n) is 4.19. The molecule has 3 aromatic carbocycles. The Morgan fingerprint density at radius 2 is 1.64 bits per heavy atom. The first-order valence-electron chi connectivity index (χ1n) is 15.1. The van der Waals surface area contributed by atoms with Gasteiger partial charge >= 0.3 is 5.97 Å². The molecular weight excluding hydrogens is 558 g/mol. The Hall–Kier alpha value is -4.26. The van der Waals surface area contributed by atoms with Crippen LogP contribution in [0.4, 0.5) is 8.78 Å². The van der Waals surface area contributed by atoms with E-state index >= 15 is 0 Å². The third kappa shape index (κ3) is 11.8. The second-order valence-corrected chi connectivity index (χ2v) is 10.1. The lowest BCUT2D eigenvalue weighted by Gasteiger charge is -2.14. The number of carbonyl (C=O) groups excluding carboxylic acids is 1. The van der Waals surface area contributed by atoms with Gasteiger partial charge in [0.1, 0.15) is 5.75 Å². The van der Waals surface area contributed by atoms with Crippen LogP contribution in [0.25, 0.3) is 22.0 Å². The molecule has 1 aromatic heterocycles. The molecule has 1 unspecified atom stereocenters. The highest BCUT2D eigenvalue weighted by Crippen LogP contribution is 2.32. The Bertz CT molecular complexity index is 1450. The molecule has 0 radical (unpaired) electrons. The number of benzene rings is 3. The van der Waals surface area contributed by atoms with Gasteiger partial charge in [0.15, 0.2) is 0 Å². The van der Waals surface area contributed by atoms with Gasteiger partial charge < -0.3 is 15.2 Å². The summed E-state index contributed by atoms with van der Waals surface area (Å²) in [6.07, 6.45) is 5.00. The summed E-state index contributed by atoms with van der Waals surface area (Å²) < 4.78 is 32.0. The Kier molecular flexibility index (Phi) is 16.4. The van der Waals surface area contributed by atoms with E-state index in [2.05, 4.69) is 37.7 Å². The highest BCUT2D eigenvalue weighted by Gasteiger charge is 2.24. The number of rotatable bonds is 8. The van der Waals surface area contributed by atoms with Crippen LogP contribution >= 0.6 is 0 Å². The van der Waals surface area contributed by atoms with Crippen molar-refractivity contribution in [1.29, 1.82) is 0 Å². The normalized spacial score (nSPS) is 11.0. The number of halogens is 2. The molecule has 0 bridgehead atoms. The molecule has 238 valence electrons. The highest BCUT2D eigenvalue weighted by atomic mass is 19.3. The number of aromatic hydroxyl groups is 1. The Labute approximate surface area is 262 Å². The van der Waals surface area contributed by atoms with Crippen molar-refractivity contribution >= 4 is 16.9 Å². The predicted octanol–water partition coefficient (Wildman–Crippen LogP) is 10.00. The zero-order valence-electron chi connectivity index (χ0n) is 27.4. The number of nitrogens with zero attached hydrogens (tertiary/aromatic N) is 1. The smallest absolute Gasteiger partial charge is 0.338 e. The largest absolute Gasteiger partial charge is 0.508 e. The summed E-state index contributed by atoms with van der Waals surface area (Å²) in [6, 6.07) is 21.0. The van der Waals surface area contributed by atoms with Gasteiger partial charge in [0.2, 0.25) is 0 Å². The molecule has 4 aromatic rings. The number of methoxy groups -OCH3 is 1. The van der Waals surface area contributed by atoms with E-state index in [0.717, 1.165) is 25.3 Å². The number of hydrogen-bond donors (Lipinski definition) is 2. The minimum absolute atomic E-state index is 0.0553. The maximum Gasteiger partial charge on any atom is 0.338 e. The number of carbonyl (C=O) groups is 1. The summed E-state index contributed by atoms with van der Waals surface area (Å²) in [5.41, 5.74) is 4.31. The van der Waals surface area contributed by atoms with Crippen molar-refractivity contribution in [3.05, 3.63) is 108 Å². The predicted molar refractivity (Wildman–Crippen MR) is 179 cm³/mol. The number of alkyl halides is 2. The number of ether oxygens (including phenoxy) is 1. The van der Waals surface area contributed by atoms with Crippen LogP contribution in [0.5, 0.6) is 5.75 Å². The summed E-state index contributed by atoms with van der Waals surface area (Å²) in [5.74, 6) is -3.05. The van der Waals surface area contributed by atoms with Crippen molar-refractivity contribution in [2.45, 2.75) is 79.7 Å². The van der Waals surface area contributed by atoms with E-state index in [9.17, 15) is 13.6 Å². The highest BCUT2D eigenvalue weighted by molar-refractivity contribution is 6.04. The zero-order chi connectivity index (χ0) is 33.3. The molecule has 0 saturated carbocycles. The number of fused-ring (bicyclic) bond motifs is 1. The number of nitrogens with one attached hydrogen (secondary N) is 1. The quantitative estimate of drug-likeness (QED) is 0.195. The topological polar surface area (TPSA) is 71.4 Å². The molecule has 0 spiro atoms. The minimum Gasteiger partial charge on any atom is -0.508 e. The third-order valence-electron chi connectivity index (χ3n) is 6.31. The van der Waals surface area contributed by atoms with Crippen LogP contribution in [0, 0.1) is 6.92 Å². The molecule has 0 aliphatic heterocycles.